The predicted octanol–water partition coefficient (Wildman–Crippen LogP) is 1.83. The second-order valence-electron chi connectivity index (χ2n) is 8.58. The first-order valence-corrected chi connectivity index (χ1v) is 10.8. The molecule has 3 saturated carbocycles. The van der Waals surface area contributed by atoms with Crippen LogP contribution in [0.15, 0.2) is 18.2 Å². The van der Waals surface area contributed by atoms with Gasteiger partial charge in [-0.25, -0.2) is 14.8 Å². The Hall–Kier alpha value is -1.61. The molecule has 1 aromatic carbocycles. The number of amides is 2. The summed E-state index contributed by atoms with van der Waals surface area (Å²) in [6.07, 6.45) is 2.34. The minimum atomic E-state index is -0.597. The standard InChI is InChI=1S/C20H25Cl2FN4O3/c1-10-17(22)18(26-27(10)2)19(29)25-20-6-11(7-20)15(8-20)24-16(28)9-30-12-3-4-13(21)14(23)5-12/h3-5,10-11,15,17-18,26H,6-9H2,1-2H3,(H,24,28)(H,25,29)/t10?,11?,15-,17?,18?,20?/m0/s1. The highest BCUT2D eigenvalue weighted by molar-refractivity contribution is 6.30. The summed E-state index contributed by atoms with van der Waals surface area (Å²) >= 11 is 12.0. The SMILES string of the molecule is CC1C(Cl)C(C(=O)NC23CC(C2)[C@@H](NC(=O)COc2ccc(Cl)c(F)c2)C3)NN1C. The first kappa shape index (κ1) is 21.6. The number of halogens is 3. The summed E-state index contributed by atoms with van der Waals surface area (Å²) in [7, 11) is 1.87. The van der Waals surface area contributed by atoms with Crippen molar-refractivity contribution < 1.29 is 18.7 Å². The van der Waals surface area contributed by atoms with Gasteiger partial charge < -0.3 is 15.4 Å². The van der Waals surface area contributed by atoms with E-state index < -0.39 is 11.9 Å². The molecule has 0 spiro atoms. The van der Waals surface area contributed by atoms with E-state index >= 15 is 0 Å². The molecule has 1 aliphatic heterocycles. The van der Waals surface area contributed by atoms with E-state index in [2.05, 4.69) is 16.1 Å². The summed E-state index contributed by atoms with van der Waals surface area (Å²) in [4.78, 5) is 25.0. The number of hydrogen-bond acceptors (Lipinski definition) is 5. The number of carbonyl (C=O) groups excluding carboxylic acids is 2. The van der Waals surface area contributed by atoms with Crippen molar-refractivity contribution in [2.24, 2.45) is 5.92 Å². The largest absolute Gasteiger partial charge is 0.484 e. The maximum Gasteiger partial charge on any atom is 0.258 e. The van der Waals surface area contributed by atoms with Gasteiger partial charge in [0.05, 0.1) is 10.4 Å². The lowest BCUT2D eigenvalue weighted by Crippen LogP contribution is -2.57. The van der Waals surface area contributed by atoms with Gasteiger partial charge in [-0.3, -0.25) is 9.59 Å². The van der Waals surface area contributed by atoms with Gasteiger partial charge in [-0.2, -0.15) is 0 Å². The lowest BCUT2D eigenvalue weighted by molar-refractivity contribution is -0.126. The molecule has 2 bridgehead atoms. The van der Waals surface area contributed by atoms with Crippen LogP contribution < -0.4 is 20.8 Å². The molecule has 1 heterocycles. The molecule has 3 aliphatic carbocycles. The van der Waals surface area contributed by atoms with Gasteiger partial charge in [-0.05, 0) is 44.2 Å². The number of fused-ring (bicyclic) bond motifs is 1. The summed E-state index contributed by atoms with van der Waals surface area (Å²) in [5.41, 5.74) is 2.82. The van der Waals surface area contributed by atoms with Crippen molar-refractivity contribution in [3.8, 4) is 5.75 Å². The molecule has 30 heavy (non-hydrogen) atoms. The Kier molecular flexibility index (Phi) is 5.87. The number of carbonyl (C=O) groups is 2. The molecular formula is C20H25Cl2FN4O3. The minimum Gasteiger partial charge on any atom is -0.484 e. The lowest BCUT2D eigenvalue weighted by Gasteiger charge is -2.40. The number of alkyl halides is 1. The molecule has 4 aliphatic rings. The van der Waals surface area contributed by atoms with Crippen molar-refractivity contribution in [2.75, 3.05) is 13.7 Å². The number of benzene rings is 1. The van der Waals surface area contributed by atoms with Gasteiger partial charge in [0.25, 0.3) is 5.91 Å². The summed E-state index contributed by atoms with van der Waals surface area (Å²) in [6, 6.07) is 3.60. The monoisotopic (exact) mass is 458 g/mol. The van der Waals surface area contributed by atoms with Crippen LogP contribution in [-0.4, -0.2) is 59.5 Å². The highest BCUT2D eigenvalue weighted by Crippen LogP contribution is 2.52. The van der Waals surface area contributed by atoms with Gasteiger partial charge in [-0.15, -0.1) is 11.6 Å². The zero-order chi connectivity index (χ0) is 21.6. The van der Waals surface area contributed by atoms with E-state index in [4.69, 9.17) is 27.9 Å². The number of hydrogen-bond donors (Lipinski definition) is 3. The second-order valence-corrected chi connectivity index (χ2v) is 9.49. The van der Waals surface area contributed by atoms with E-state index in [1.807, 2.05) is 19.0 Å². The van der Waals surface area contributed by atoms with E-state index in [0.29, 0.717) is 12.3 Å². The van der Waals surface area contributed by atoms with Crippen molar-refractivity contribution in [3.63, 3.8) is 0 Å². The van der Waals surface area contributed by atoms with Crippen molar-refractivity contribution in [1.29, 1.82) is 0 Å². The first-order chi connectivity index (χ1) is 14.2. The zero-order valence-corrected chi connectivity index (χ0v) is 18.3. The topological polar surface area (TPSA) is 82.7 Å². The Labute approximate surface area is 184 Å². The second kappa shape index (κ2) is 8.15. The summed E-state index contributed by atoms with van der Waals surface area (Å²) in [6.45, 7) is 1.75. The molecule has 164 valence electrons. The van der Waals surface area contributed by atoms with Crippen molar-refractivity contribution >= 4 is 35.0 Å². The van der Waals surface area contributed by atoms with Gasteiger partial charge in [0.15, 0.2) is 6.61 Å². The van der Waals surface area contributed by atoms with Crippen LogP contribution in [0.25, 0.3) is 0 Å². The Balaban J connectivity index is 1.25. The van der Waals surface area contributed by atoms with Crippen molar-refractivity contribution in [3.05, 3.63) is 29.0 Å². The lowest BCUT2D eigenvalue weighted by atomic mass is 9.76. The maximum absolute atomic E-state index is 13.5. The molecule has 3 unspecified atom stereocenters. The minimum absolute atomic E-state index is 0.000675. The molecule has 5 rings (SSSR count). The van der Waals surface area contributed by atoms with Crippen LogP contribution in [0, 0.1) is 11.7 Å². The maximum atomic E-state index is 13.5. The van der Waals surface area contributed by atoms with Crippen molar-refractivity contribution in [1.82, 2.24) is 21.1 Å². The zero-order valence-electron chi connectivity index (χ0n) is 16.8. The molecule has 0 aromatic heterocycles. The molecule has 4 fully saturated rings. The molecule has 2 amide bonds. The van der Waals surface area contributed by atoms with Crippen LogP contribution in [0.3, 0.4) is 0 Å². The number of hydrazine groups is 1. The van der Waals surface area contributed by atoms with E-state index in [-0.39, 0.29) is 52.2 Å². The summed E-state index contributed by atoms with van der Waals surface area (Å²) < 4.78 is 18.8. The number of nitrogens with one attached hydrogen (secondary N) is 3. The highest BCUT2D eigenvalue weighted by Gasteiger charge is 2.58. The molecule has 1 saturated heterocycles. The Morgan fingerprint density at radius 1 is 1.37 bits per heavy atom. The first-order valence-electron chi connectivity index (χ1n) is 10.00. The van der Waals surface area contributed by atoms with Gasteiger partial charge >= 0.3 is 0 Å². The molecule has 0 radical (unpaired) electrons. The molecule has 1 aromatic rings. The van der Waals surface area contributed by atoms with Crippen LogP contribution in [0.1, 0.15) is 26.2 Å². The summed E-state index contributed by atoms with van der Waals surface area (Å²) in [5.74, 6) is -0.416. The van der Waals surface area contributed by atoms with Gasteiger partial charge in [0, 0.05) is 30.7 Å². The van der Waals surface area contributed by atoms with Crippen molar-refractivity contribution in [2.45, 2.75) is 55.2 Å². The van der Waals surface area contributed by atoms with Crippen LogP contribution in [-0.2, 0) is 9.59 Å². The van der Waals surface area contributed by atoms with Gasteiger partial charge in [-0.1, -0.05) is 11.6 Å². The Bertz CT molecular complexity index is 851. The van der Waals surface area contributed by atoms with E-state index in [0.717, 1.165) is 18.9 Å². The molecule has 10 heteroatoms. The average molecular weight is 459 g/mol. The van der Waals surface area contributed by atoms with Crippen LogP contribution in [0.4, 0.5) is 4.39 Å². The third kappa shape index (κ3) is 4.10. The van der Waals surface area contributed by atoms with E-state index in [9.17, 15) is 14.0 Å². The quantitative estimate of drug-likeness (QED) is 0.566. The summed E-state index contributed by atoms with van der Waals surface area (Å²) in [5, 5.41) is 7.67. The molecule has 3 N–H and O–H groups in total. The molecule has 7 nitrogen and oxygen atoms in total. The smallest absolute Gasteiger partial charge is 0.258 e. The molecular weight excluding hydrogens is 434 g/mol. The number of rotatable bonds is 6. The van der Waals surface area contributed by atoms with Gasteiger partial charge in [0.2, 0.25) is 5.91 Å². The fourth-order valence-corrected chi connectivity index (χ4v) is 5.17. The van der Waals surface area contributed by atoms with E-state index in [1.165, 1.54) is 12.1 Å². The third-order valence-corrected chi connectivity index (χ3v) is 7.42. The predicted molar refractivity (Wildman–Crippen MR) is 111 cm³/mol. The Morgan fingerprint density at radius 2 is 2.10 bits per heavy atom. The van der Waals surface area contributed by atoms with Gasteiger partial charge in [0.1, 0.15) is 17.6 Å². The average Bonchev–Trinajstić information content (AvgIpc) is 3.27. The molecule has 4 atom stereocenters. The highest BCUT2D eigenvalue weighted by atomic mass is 35.5. The third-order valence-electron chi connectivity index (χ3n) is 6.50. The fraction of sp³-hybridized carbons (Fsp3) is 0.600. The Morgan fingerprint density at radius 3 is 2.73 bits per heavy atom. The normalized spacial score (nSPS) is 35.0. The van der Waals surface area contributed by atoms with Crippen LogP contribution in [0.2, 0.25) is 5.02 Å². The van der Waals surface area contributed by atoms with E-state index in [1.54, 1.807) is 0 Å². The van der Waals surface area contributed by atoms with Crippen LogP contribution >= 0.6 is 23.2 Å². The number of ether oxygens (including phenoxy) is 1. The van der Waals surface area contributed by atoms with Crippen LogP contribution in [0.5, 0.6) is 5.75 Å². The fourth-order valence-electron chi connectivity index (χ4n) is 4.71. The number of nitrogens with zero attached hydrogens (tertiary/aromatic N) is 1.